The van der Waals surface area contributed by atoms with Gasteiger partial charge >= 0.3 is 0 Å². The number of β-amino-alcohol motifs (C(OH)–C–C–N with tert-alkyl or cyclic N) is 1. The summed E-state index contributed by atoms with van der Waals surface area (Å²) in [7, 11) is 0. The molecule has 0 spiro atoms. The number of aryl methyl sites for hydroxylation is 2. The van der Waals surface area contributed by atoms with Crippen molar-refractivity contribution in [3.8, 4) is 0 Å². The van der Waals surface area contributed by atoms with Crippen molar-refractivity contribution in [3.63, 3.8) is 0 Å². The lowest BCUT2D eigenvalue weighted by Gasteiger charge is -2.20. The summed E-state index contributed by atoms with van der Waals surface area (Å²) >= 11 is 0. The molecule has 0 radical (unpaired) electrons. The Morgan fingerprint density at radius 3 is 3.00 bits per heavy atom. The van der Waals surface area contributed by atoms with E-state index in [0.29, 0.717) is 18.7 Å². The summed E-state index contributed by atoms with van der Waals surface area (Å²) in [6.07, 6.45) is 0.347. The minimum Gasteiger partial charge on any atom is -0.387 e. The van der Waals surface area contributed by atoms with Gasteiger partial charge in [0.1, 0.15) is 11.6 Å². The highest BCUT2D eigenvalue weighted by Gasteiger charge is 2.26. The van der Waals surface area contributed by atoms with Crippen molar-refractivity contribution >= 4 is 0 Å². The number of ether oxygens (including phenoxy) is 1. The predicted molar refractivity (Wildman–Crippen MR) is 87.0 cm³/mol. The second kappa shape index (κ2) is 7.42. The summed E-state index contributed by atoms with van der Waals surface area (Å²) < 4.78 is 24.3. The third-order valence-corrected chi connectivity index (χ3v) is 4.54. The van der Waals surface area contributed by atoms with Crippen molar-refractivity contribution in [1.82, 2.24) is 10.1 Å². The Bertz CT molecular complexity index is 669. The van der Waals surface area contributed by atoms with E-state index in [1.54, 1.807) is 12.1 Å². The maximum atomic E-state index is 13.2. The van der Waals surface area contributed by atoms with Crippen molar-refractivity contribution in [2.75, 3.05) is 19.6 Å². The number of likely N-dealkylation sites (tertiary alicyclic amines) is 1. The van der Waals surface area contributed by atoms with E-state index in [1.165, 1.54) is 12.1 Å². The number of aliphatic hydroxyl groups is 1. The molecule has 0 bridgehead atoms. The van der Waals surface area contributed by atoms with Gasteiger partial charge in [0.15, 0.2) is 0 Å². The average molecular weight is 334 g/mol. The van der Waals surface area contributed by atoms with Gasteiger partial charge in [-0.15, -0.1) is 0 Å². The molecule has 2 heterocycles. The quantitative estimate of drug-likeness (QED) is 0.880. The van der Waals surface area contributed by atoms with Crippen LogP contribution in [0.1, 0.15) is 35.1 Å². The van der Waals surface area contributed by atoms with E-state index in [1.807, 2.05) is 13.8 Å². The molecule has 1 aromatic heterocycles. The van der Waals surface area contributed by atoms with E-state index in [9.17, 15) is 9.50 Å². The largest absolute Gasteiger partial charge is 0.387 e. The first-order valence-corrected chi connectivity index (χ1v) is 8.22. The number of benzene rings is 1. The van der Waals surface area contributed by atoms with E-state index < -0.39 is 6.10 Å². The first kappa shape index (κ1) is 17.1. The van der Waals surface area contributed by atoms with Crippen molar-refractivity contribution in [3.05, 3.63) is 52.7 Å². The smallest absolute Gasteiger partial charge is 0.139 e. The van der Waals surface area contributed by atoms with Gasteiger partial charge in [-0.25, -0.2) is 4.39 Å². The minimum atomic E-state index is -0.693. The first-order valence-electron chi connectivity index (χ1n) is 8.22. The molecular formula is C18H23FN2O3. The number of aliphatic hydroxyl groups excluding tert-OH is 1. The summed E-state index contributed by atoms with van der Waals surface area (Å²) in [4.78, 5) is 2.15. The van der Waals surface area contributed by atoms with E-state index in [-0.39, 0.29) is 11.9 Å². The lowest BCUT2D eigenvalue weighted by molar-refractivity contribution is 0.0409. The Morgan fingerprint density at radius 1 is 1.46 bits per heavy atom. The first-order chi connectivity index (χ1) is 11.5. The zero-order chi connectivity index (χ0) is 17.1. The molecule has 1 fully saturated rings. The SMILES string of the molecule is Cc1noc(C)c1COC1CCN(CC(O)c2cccc(F)c2)C1. The molecule has 3 rings (SSSR count). The van der Waals surface area contributed by atoms with E-state index in [0.717, 1.165) is 36.5 Å². The summed E-state index contributed by atoms with van der Waals surface area (Å²) in [6, 6.07) is 6.12. The lowest BCUT2D eigenvalue weighted by Crippen LogP contribution is -2.28. The number of hydrogen-bond acceptors (Lipinski definition) is 5. The summed E-state index contributed by atoms with van der Waals surface area (Å²) in [6.45, 7) is 6.38. The number of aromatic nitrogens is 1. The Kier molecular flexibility index (Phi) is 5.28. The molecule has 24 heavy (non-hydrogen) atoms. The maximum Gasteiger partial charge on any atom is 0.139 e. The van der Waals surface area contributed by atoms with Gasteiger partial charge in [-0.3, -0.25) is 4.90 Å². The van der Waals surface area contributed by atoms with Crippen LogP contribution in [0.3, 0.4) is 0 Å². The van der Waals surface area contributed by atoms with E-state index >= 15 is 0 Å². The second-order valence-electron chi connectivity index (χ2n) is 6.35. The molecule has 2 aromatic rings. The Balaban J connectivity index is 1.48. The Labute approximate surface area is 141 Å². The molecule has 0 amide bonds. The fourth-order valence-electron chi connectivity index (χ4n) is 3.07. The van der Waals surface area contributed by atoms with Crippen LogP contribution in [0.25, 0.3) is 0 Å². The zero-order valence-corrected chi connectivity index (χ0v) is 14.0. The maximum absolute atomic E-state index is 13.2. The monoisotopic (exact) mass is 334 g/mol. The van der Waals surface area contributed by atoms with E-state index in [4.69, 9.17) is 9.26 Å². The Hall–Kier alpha value is -1.76. The molecule has 1 aliphatic heterocycles. The molecular weight excluding hydrogens is 311 g/mol. The van der Waals surface area contributed by atoms with Gasteiger partial charge in [0, 0.05) is 25.2 Å². The van der Waals surface area contributed by atoms with Crippen LogP contribution < -0.4 is 0 Å². The highest BCUT2D eigenvalue weighted by molar-refractivity contribution is 5.20. The van der Waals surface area contributed by atoms with Crippen LogP contribution in [0.4, 0.5) is 4.39 Å². The summed E-state index contributed by atoms with van der Waals surface area (Å²) in [5.41, 5.74) is 2.48. The van der Waals surface area contributed by atoms with Crippen LogP contribution in [-0.4, -0.2) is 40.9 Å². The average Bonchev–Trinajstić information content (AvgIpc) is 3.12. The van der Waals surface area contributed by atoms with Crippen LogP contribution in [-0.2, 0) is 11.3 Å². The van der Waals surface area contributed by atoms with Gasteiger partial charge in [-0.1, -0.05) is 17.3 Å². The molecule has 1 N–H and O–H groups in total. The summed E-state index contributed by atoms with van der Waals surface area (Å²) in [5, 5.41) is 14.2. The fraction of sp³-hybridized carbons (Fsp3) is 0.500. The fourth-order valence-corrected chi connectivity index (χ4v) is 3.07. The lowest BCUT2D eigenvalue weighted by atomic mass is 10.1. The number of halogens is 1. The molecule has 130 valence electrons. The highest BCUT2D eigenvalue weighted by atomic mass is 19.1. The number of nitrogens with zero attached hydrogens (tertiary/aromatic N) is 2. The zero-order valence-electron chi connectivity index (χ0n) is 14.0. The van der Waals surface area contributed by atoms with Gasteiger partial charge in [-0.2, -0.15) is 0 Å². The van der Waals surface area contributed by atoms with Gasteiger partial charge in [-0.05, 0) is 38.0 Å². The number of hydrogen-bond donors (Lipinski definition) is 1. The van der Waals surface area contributed by atoms with Crippen LogP contribution in [0.5, 0.6) is 0 Å². The molecule has 0 saturated carbocycles. The van der Waals surface area contributed by atoms with Crippen LogP contribution in [0.2, 0.25) is 0 Å². The van der Waals surface area contributed by atoms with E-state index in [2.05, 4.69) is 10.1 Å². The molecule has 1 aliphatic rings. The van der Waals surface area contributed by atoms with Crippen molar-refractivity contribution in [2.24, 2.45) is 0 Å². The normalized spacial score (nSPS) is 19.8. The van der Waals surface area contributed by atoms with Gasteiger partial charge in [0.2, 0.25) is 0 Å². The molecule has 2 unspecified atom stereocenters. The van der Waals surface area contributed by atoms with Crippen molar-refractivity contribution in [1.29, 1.82) is 0 Å². The standard InChI is InChI=1S/C18H23FN2O3/c1-12-17(13(2)24-20-12)11-23-16-6-7-21(9-16)10-18(22)14-4-3-5-15(19)8-14/h3-5,8,16,18,22H,6-7,9-11H2,1-2H3. The van der Waals surface area contributed by atoms with Crippen LogP contribution >= 0.6 is 0 Å². The third kappa shape index (κ3) is 4.01. The minimum absolute atomic E-state index is 0.124. The summed E-state index contributed by atoms with van der Waals surface area (Å²) in [5.74, 6) is 0.470. The Morgan fingerprint density at radius 2 is 2.29 bits per heavy atom. The highest BCUT2D eigenvalue weighted by Crippen LogP contribution is 2.21. The molecule has 1 aromatic carbocycles. The van der Waals surface area contributed by atoms with Crippen molar-refractivity contribution < 1.29 is 18.8 Å². The van der Waals surface area contributed by atoms with Crippen molar-refractivity contribution in [2.45, 2.75) is 39.1 Å². The molecule has 6 heteroatoms. The number of rotatable bonds is 6. The van der Waals surface area contributed by atoms with Gasteiger partial charge in [0.25, 0.3) is 0 Å². The molecule has 2 atom stereocenters. The predicted octanol–water partition coefficient (Wildman–Crippen LogP) is 2.76. The van der Waals surface area contributed by atoms with Crippen LogP contribution in [0.15, 0.2) is 28.8 Å². The van der Waals surface area contributed by atoms with Crippen LogP contribution in [0, 0.1) is 19.7 Å². The van der Waals surface area contributed by atoms with Gasteiger partial charge < -0.3 is 14.4 Å². The second-order valence-corrected chi connectivity index (χ2v) is 6.35. The molecule has 1 saturated heterocycles. The van der Waals surface area contributed by atoms with Gasteiger partial charge in [0.05, 0.1) is 24.5 Å². The molecule has 5 nitrogen and oxygen atoms in total. The third-order valence-electron chi connectivity index (χ3n) is 4.54. The topological polar surface area (TPSA) is 58.7 Å². The molecule has 0 aliphatic carbocycles.